The van der Waals surface area contributed by atoms with Crippen LogP contribution in [0.1, 0.15) is 71.6 Å². The summed E-state index contributed by atoms with van der Waals surface area (Å²) in [6, 6.07) is 0. The second kappa shape index (κ2) is 14.8. The van der Waals surface area contributed by atoms with Crippen LogP contribution >= 0.6 is 0 Å². The van der Waals surface area contributed by atoms with Gasteiger partial charge in [-0.3, -0.25) is 9.59 Å². The number of carbonyl (C=O) groups excluding carboxylic acids is 2. The first-order chi connectivity index (χ1) is 11.9. The molecule has 0 saturated heterocycles. The van der Waals surface area contributed by atoms with E-state index in [1.54, 1.807) is 0 Å². The number of hydrogen-bond donors (Lipinski definition) is 1. The van der Waals surface area contributed by atoms with Crippen molar-refractivity contribution in [1.29, 1.82) is 0 Å². The van der Waals surface area contributed by atoms with Crippen molar-refractivity contribution in [2.45, 2.75) is 71.6 Å². The van der Waals surface area contributed by atoms with Gasteiger partial charge in [-0.2, -0.15) is 0 Å². The fourth-order valence-electron chi connectivity index (χ4n) is 2.50. The Balaban J connectivity index is 3.64. The maximum atomic E-state index is 11.9. The topological polar surface area (TPSA) is 52.7 Å². The standard InChI is InChI=1S/C20H39N3O2/c1-6-8-16-22(4)18(3)13-14-19(24)21-15-10-9-11-17-23(5)20(25)12-7-2/h3,6-17H2,1-2,4-5H3,(H,21,24). The Morgan fingerprint density at radius 2 is 1.52 bits per heavy atom. The third-order valence-corrected chi connectivity index (χ3v) is 4.41. The highest BCUT2D eigenvalue weighted by Gasteiger charge is 2.07. The molecule has 0 aromatic carbocycles. The van der Waals surface area contributed by atoms with Crippen LogP contribution in [0.4, 0.5) is 0 Å². The maximum absolute atomic E-state index is 11.9. The zero-order valence-corrected chi connectivity index (χ0v) is 16.9. The Morgan fingerprint density at radius 1 is 0.840 bits per heavy atom. The molecule has 0 radical (unpaired) electrons. The molecule has 0 aliphatic heterocycles. The Kier molecular flexibility index (Phi) is 13.9. The second-order valence-corrected chi connectivity index (χ2v) is 6.82. The van der Waals surface area contributed by atoms with E-state index in [0.717, 1.165) is 57.3 Å². The molecule has 25 heavy (non-hydrogen) atoms. The van der Waals surface area contributed by atoms with Crippen molar-refractivity contribution in [2.24, 2.45) is 0 Å². The number of hydrogen-bond acceptors (Lipinski definition) is 3. The second-order valence-electron chi connectivity index (χ2n) is 6.82. The first kappa shape index (κ1) is 23.5. The van der Waals surface area contributed by atoms with Crippen molar-refractivity contribution in [3.8, 4) is 0 Å². The molecule has 5 nitrogen and oxygen atoms in total. The highest BCUT2D eigenvalue weighted by atomic mass is 16.2. The van der Waals surface area contributed by atoms with Crippen LogP contribution in [-0.4, -0.2) is 55.3 Å². The number of allylic oxidation sites excluding steroid dienone is 1. The molecule has 0 aliphatic carbocycles. The molecule has 0 aromatic heterocycles. The van der Waals surface area contributed by atoms with Gasteiger partial charge in [0.25, 0.3) is 0 Å². The van der Waals surface area contributed by atoms with Gasteiger partial charge in [0, 0.05) is 52.3 Å². The Hall–Kier alpha value is -1.52. The van der Waals surface area contributed by atoms with Gasteiger partial charge >= 0.3 is 0 Å². The van der Waals surface area contributed by atoms with Gasteiger partial charge in [-0.25, -0.2) is 0 Å². The van der Waals surface area contributed by atoms with E-state index in [2.05, 4.69) is 23.7 Å². The predicted octanol–water partition coefficient (Wildman–Crippen LogP) is 3.56. The molecule has 0 unspecified atom stereocenters. The first-order valence-corrected chi connectivity index (χ1v) is 9.81. The Morgan fingerprint density at radius 3 is 2.16 bits per heavy atom. The lowest BCUT2D eigenvalue weighted by Crippen LogP contribution is -2.28. The van der Waals surface area contributed by atoms with Gasteiger partial charge in [0.1, 0.15) is 0 Å². The number of nitrogens with zero attached hydrogens (tertiary/aromatic N) is 2. The quantitative estimate of drug-likeness (QED) is 0.458. The number of amides is 2. The van der Waals surface area contributed by atoms with E-state index in [1.807, 2.05) is 25.9 Å². The molecule has 0 rings (SSSR count). The molecule has 2 amide bonds. The summed E-state index contributed by atoms with van der Waals surface area (Å²) in [5.41, 5.74) is 1.03. The molecule has 0 heterocycles. The van der Waals surface area contributed by atoms with Crippen molar-refractivity contribution in [3.63, 3.8) is 0 Å². The minimum Gasteiger partial charge on any atom is -0.378 e. The van der Waals surface area contributed by atoms with Gasteiger partial charge in [0.05, 0.1) is 0 Å². The van der Waals surface area contributed by atoms with E-state index in [9.17, 15) is 9.59 Å². The molecule has 0 aromatic rings. The molecule has 0 spiro atoms. The average molecular weight is 354 g/mol. The molecule has 0 atom stereocenters. The third kappa shape index (κ3) is 12.5. The monoisotopic (exact) mass is 353 g/mol. The van der Waals surface area contributed by atoms with Crippen LogP contribution in [-0.2, 0) is 9.59 Å². The Labute approximate surface area is 154 Å². The molecule has 5 heteroatoms. The zero-order valence-electron chi connectivity index (χ0n) is 16.9. The van der Waals surface area contributed by atoms with E-state index >= 15 is 0 Å². The molecular weight excluding hydrogens is 314 g/mol. The molecular formula is C20H39N3O2. The van der Waals surface area contributed by atoms with E-state index in [4.69, 9.17) is 0 Å². The summed E-state index contributed by atoms with van der Waals surface area (Å²) < 4.78 is 0. The lowest BCUT2D eigenvalue weighted by atomic mass is 10.2. The van der Waals surface area contributed by atoms with Gasteiger partial charge in [-0.1, -0.05) is 26.8 Å². The number of rotatable bonds is 15. The number of nitrogens with one attached hydrogen (secondary N) is 1. The van der Waals surface area contributed by atoms with Gasteiger partial charge in [-0.15, -0.1) is 0 Å². The van der Waals surface area contributed by atoms with Crippen LogP contribution in [0.25, 0.3) is 0 Å². The molecule has 0 bridgehead atoms. The van der Waals surface area contributed by atoms with Crippen LogP contribution < -0.4 is 5.32 Å². The van der Waals surface area contributed by atoms with Gasteiger partial charge in [-0.05, 0) is 38.5 Å². The van der Waals surface area contributed by atoms with E-state index in [1.165, 1.54) is 6.42 Å². The largest absolute Gasteiger partial charge is 0.378 e. The summed E-state index contributed by atoms with van der Waals surface area (Å²) in [6.07, 6.45) is 8.04. The first-order valence-electron chi connectivity index (χ1n) is 9.81. The van der Waals surface area contributed by atoms with Crippen LogP contribution in [0, 0.1) is 0 Å². The molecule has 0 aliphatic rings. The molecule has 0 fully saturated rings. The van der Waals surface area contributed by atoms with Crippen LogP contribution in [0.2, 0.25) is 0 Å². The van der Waals surface area contributed by atoms with Crippen molar-refractivity contribution in [1.82, 2.24) is 15.1 Å². The number of unbranched alkanes of at least 4 members (excludes halogenated alkanes) is 3. The van der Waals surface area contributed by atoms with Crippen molar-refractivity contribution >= 4 is 11.8 Å². The van der Waals surface area contributed by atoms with Crippen molar-refractivity contribution in [3.05, 3.63) is 12.3 Å². The lowest BCUT2D eigenvalue weighted by Gasteiger charge is -2.21. The summed E-state index contributed by atoms with van der Waals surface area (Å²) >= 11 is 0. The van der Waals surface area contributed by atoms with Gasteiger partial charge in [0.15, 0.2) is 0 Å². The Bertz CT molecular complexity index is 396. The van der Waals surface area contributed by atoms with Crippen molar-refractivity contribution in [2.75, 3.05) is 33.7 Å². The number of carbonyl (C=O) groups is 2. The molecule has 1 N–H and O–H groups in total. The lowest BCUT2D eigenvalue weighted by molar-refractivity contribution is -0.130. The minimum absolute atomic E-state index is 0.0975. The fraction of sp³-hybridized carbons (Fsp3) is 0.800. The fourth-order valence-corrected chi connectivity index (χ4v) is 2.50. The van der Waals surface area contributed by atoms with Crippen molar-refractivity contribution < 1.29 is 9.59 Å². The predicted molar refractivity (Wildman–Crippen MR) is 105 cm³/mol. The zero-order chi connectivity index (χ0) is 19.1. The van der Waals surface area contributed by atoms with E-state index < -0.39 is 0 Å². The SMILES string of the molecule is C=C(CCC(=O)NCCCCCN(C)C(=O)CCC)N(C)CCCC. The highest BCUT2D eigenvalue weighted by Crippen LogP contribution is 2.08. The molecule has 0 saturated carbocycles. The van der Waals surface area contributed by atoms with Crippen LogP contribution in [0.3, 0.4) is 0 Å². The smallest absolute Gasteiger partial charge is 0.222 e. The van der Waals surface area contributed by atoms with Gasteiger partial charge in [0.2, 0.25) is 11.8 Å². The average Bonchev–Trinajstić information content (AvgIpc) is 2.60. The van der Waals surface area contributed by atoms with Gasteiger partial charge < -0.3 is 15.1 Å². The summed E-state index contributed by atoms with van der Waals surface area (Å²) in [5.74, 6) is 0.320. The molecule has 146 valence electrons. The summed E-state index contributed by atoms with van der Waals surface area (Å²) in [4.78, 5) is 27.5. The normalized spacial score (nSPS) is 10.4. The summed E-state index contributed by atoms with van der Waals surface area (Å²) in [6.45, 7) is 10.8. The van der Waals surface area contributed by atoms with E-state index in [0.29, 0.717) is 19.4 Å². The third-order valence-electron chi connectivity index (χ3n) is 4.41. The summed E-state index contributed by atoms with van der Waals surface area (Å²) in [5, 5.41) is 2.97. The van der Waals surface area contributed by atoms with E-state index in [-0.39, 0.29) is 11.8 Å². The van der Waals surface area contributed by atoms with Crippen LogP contribution in [0.5, 0.6) is 0 Å². The minimum atomic E-state index is 0.0975. The summed E-state index contributed by atoms with van der Waals surface area (Å²) in [7, 11) is 3.91. The highest BCUT2D eigenvalue weighted by molar-refractivity contribution is 5.76. The maximum Gasteiger partial charge on any atom is 0.222 e. The van der Waals surface area contributed by atoms with Crippen LogP contribution in [0.15, 0.2) is 12.3 Å².